The zero-order valence-electron chi connectivity index (χ0n) is 40.8. The number of methoxy groups -OCH3 is 2. The maximum absolute atomic E-state index is 14.5. The van der Waals surface area contributed by atoms with E-state index in [1.165, 1.54) is 31.7 Å². The number of aromatic amines is 1. The third kappa shape index (κ3) is 11.4. The van der Waals surface area contributed by atoms with Gasteiger partial charge in [0.15, 0.2) is 42.4 Å². The molecule has 0 radical (unpaired) electrons. The van der Waals surface area contributed by atoms with Crippen LogP contribution in [0.25, 0.3) is 22.3 Å². The van der Waals surface area contributed by atoms with Gasteiger partial charge in [-0.2, -0.15) is 8.62 Å². The molecular weight excluding hydrogens is 1130 g/mol. The Hall–Kier alpha value is -4.82. The van der Waals surface area contributed by atoms with Crippen molar-refractivity contribution in [1.29, 1.82) is 0 Å². The largest absolute Gasteiger partial charge is 0.490 e. The maximum Gasteiger partial charge on any atom is 0.490 e. The second kappa shape index (κ2) is 22.3. The average Bonchev–Trinajstić information content (AvgIpc) is 4.37. The number of hydrogen-bond acceptors (Lipinski definition) is 29. The lowest BCUT2D eigenvalue weighted by Gasteiger charge is -2.28. The minimum atomic E-state index is -6.19. The third-order valence-electron chi connectivity index (χ3n) is 12.9. The molecule has 0 aromatic carbocycles. The molecule has 5 unspecified atom stereocenters. The molecule has 9 heterocycles. The number of aliphatic imine (C=N–C) groups is 1. The second-order valence-electron chi connectivity index (χ2n) is 17.7. The number of nitrogens with two attached hydrogens (primary N) is 3. The standard InChI is InChI=1S/C36H53N15O23P4/c1-4-48-13-51(29-20(48)31(56)47-36(39)45-29)32-21(52)14(5-6-65-2)15(70-32)7-68-76(59,60)73-78(63,64)74-77(61,62)69-9-17-25(24(66-3)34(72-17)49-11-42-18-26(37)40-10-41-27(18)49)75(57,58)67-8-16-22(53)23(54)33(71-16)50-12-43-19-28(50)44-35(38)46-30(19)55/h10-17,21-25,30,32-34,52-55H,4-9H2,1-3H3,(H11-,37,38,39,40,41,44,45,46,47,56,57,58,59,60,61,62,63,64)/p+1/t14-,15-,16-,17-,21-,22-,23-,24-,25-,30?,32-,33-,34-/m1/s1. The normalized spacial score (nSPS) is 31.4. The highest BCUT2D eigenvalue weighted by Gasteiger charge is 2.58. The summed E-state index contributed by atoms with van der Waals surface area (Å²) in [5.41, 5.74) is 15.1. The first kappa shape index (κ1) is 57.9. The molecule has 78 heavy (non-hydrogen) atoms. The Labute approximate surface area is 437 Å². The third-order valence-corrected chi connectivity index (χ3v) is 19.1. The summed E-state index contributed by atoms with van der Waals surface area (Å²) < 4.78 is 112. The van der Waals surface area contributed by atoms with E-state index in [1.807, 2.05) is 0 Å². The van der Waals surface area contributed by atoms with Gasteiger partial charge in [-0.05, 0) is 13.3 Å². The number of rotatable bonds is 22. The molecule has 0 amide bonds. The van der Waals surface area contributed by atoms with E-state index in [4.69, 9.17) is 54.5 Å². The van der Waals surface area contributed by atoms with Gasteiger partial charge in [-0.1, -0.05) is 4.98 Å². The van der Waals surface area contributed by atoms with Gasteiger partial charge in [0.25, 0.3) is 11.5 Å². The van der Waals surface area contributed by atoms with Crippen LogP contribution in [0.5, 0.6) is 0 Å². The summed E-state index contributed by atoms with van der Waals surface area (Å²) in [6.45, 7) is -1.11. The molecule has 0 spiro atoms. The lowest BCUT2D eigenvalue weighted by atomic mass is 9.95. The number of guanidine groups is 1. The number of aliphatic hydroxyl groups is 4. The van der Waals surface area contributed by atoms with Gasteiger partial charge < -0.3 is 90.7 Å². The predicted octanol–water partition coefficient (Wildman–Crippen LogP) is -2.96. The van der Waals surface area contributed by atoms with Crippen molar-refractivity contribution < 1.29 is 109 Å². The first-order valence-electron chi connectivity index (χ1n) is 23.0. The van der Waals surface area contributed by atoms with Crippen molar-refractivity contribution in [3.63, 3.8) is 0 Å². The van der Waals surface area contributed by atoms with Crippen LogP contribution in [0.1, 0.15) is 44.0 Å². The molecule has 38 nitrogen and oxygen atoms in total. The number of hydrogen-bond donors (Lipinski definition) is 13. The molecule has 4 aliphatic rings. The monoisotopic (exact) mass is 1190 g/mol. The van der Waals surface area contributed by atoms with E-state index in [1.54, 1.807) is 6.92 Å². The van der Waals surface area contributed by atoms with Gasteiger partial charge in [-0.15, -0.1) is 0 Å². The summed E-state index contributed by atoms with van der Waals surface area (Å²) in [5, 5.41) is 46.5. The van der Waals surface area contributed by atoms with Crippen molar-refractivity contribution in [1.82, 2.24) is 43.6 Å². The number of phosphoric acid groups is 3. The molecule has 3 fully saturated rings. The number of aromatic nitrogens is 10. The van der Waals surface area contributed by atoms with Gasteiger partial charge in [0, 0.05) is 26.7 Å². The molecule has 430 valence electrons. The van der Waals surface area contributed by atoms with E-state index in [-0.39, 0.29) is 71.1 Å². The molecule has 5 aromatic heterocycles. The Morgan fingerprint density at radius 3 is 2.14 bits per heavy atom. The Balaban J connectivity index is 0.886. The molecule has 0 saturated carbocycles. The van der Waals surface area contributed by atoms with Crippen molar-refractivity contribution in [2.75, 3.05) is 57.4 Å². The van der Waals surface area contributed by atoms with Crippen LogP contribution in [-0.4, -0.2) is 179 Å². The van der Waals surface area contributed by atoms with Crippen LogP contribution in [0.15, 0.2) is 35.1 Å². The van der Waals surface area contributed by atoms with Crippen LogP contribution in [0.2, 0.25) is 0 Å². The smallest absolute Gasteiger partial charge is 0.387 e. The van der Waals surface area contributed by atoms with Gasteiger partial charge in [-0.3, -0.25) is 37.1 Å². The number of anilines is 3. The number of phosphoric ester groups is 2. The number of imidazole rings is 3. The molecule has 9 rings (SSSR count). The lowest BCUT2D eigenvalue weighted by molar-refractivity contribution is -0.746. The molecule has 3 saturated heterocycles. The highest BCUT2D eigenvalue weighted by atomic mass is 31.3. The topological polar surface area (TPSA) is 541 Å². The Morgan fingerprint density at radius 1 is 0.795 bits per heavy atom. The number of fused-ring (bicyclic) bond motifs is 3. The van der Waals surface area contributed by atoms with E-state index in [0.29, 0.717) is 0 Å². The van der Waals surface area contributed by atoms with Crippen molar-refractivity contribution in [3.05, 3.63) is 41.4 Å². The molecule has 16 N–H and O–H groups in total. The summed E-state index contributed by atoms with van der Waals surface area (Å²) in [4.78, 5) is 82.9. The number of nitrogen functional groups attached to an aromatic ring is 2. The zero-order valence-corrected chi connectivity index (χ0v) is 44.3. The van der Waals surface area contributed by atoms with Crippen molar-refractivity contribution in [2.24, 2.45) is 16.6 Å². The van der Waals surface area contributed by atoms with E-state index >= 15 is 0 Å². The van der Waals surface area contributed by atoms with Crippen LogP contribution < -0.4 is 32.6 Å². The van der Waals surface area contributed by atoms with Gasteiger partial charge in [-0.25, -0.2) is 43.2 Å². The number of ether oxygens (including phenoxy) is 5. The Morgan fingerprint density at radius 2 is 1.46 bits per heavy atom. The summed E-state index contributed by atoms with van der Waals surface area (Å²) in [7, 11) is -20.8. The number of nitrogens with zero attached hydrogens (tertiary/aromatic N) is 10. The maximum atomic E-state index is 14.5. The van der Waals surface area contributed by atoms with E-state index in [9.17, 15) is 63.1 Å². The summed E-state index contributed by atoms with van der Waals surface area (Å²) >= 11 is 0. The van der Waals surface area contributed by atoms with Crippen molar-refractivity contribution >= 4 is 76.9 Å². The lowest BCUT2D eigenvalue weighted by Crippen LogP contribution is -2.45. The highest BCUT2D eigenvalue weighted by molar-refractivity contribution is 7.66. The quantitative estimate of drug-likeness (QED) is 0.0243. The number of aryl methyl sites for hydroxylation is 1. The molecule has 4 aliphatic heterocycles. The van der Waals surface area contributed by atoms with Gasteiger partial charge >= 0.3 is 36.7 Å². The van der Waals surface area contributed by atoms with E-state index in [0.717, 1.165) is 26.1 Å². The first-order chi connectivity index (χ1) is 36.8. The zero-order chi connectivity index (χ0) is 56.4. The predicted molar refractivity (Wildman–Crippen MR) is 256 cm³/mol. The number of H-pyrrole nitrogens is 1. The van der Waals surface area contributed by atoms with E-state index < -0.39 is 136 Å². The Kier molecular flexibility index (Phi) is 16.5. The molecule has 5 aromatic rings. The van der Waals surface area contributed by atoms with Gasteiger partial charge in [0.2, 0.25) is 11.7 Å². The second-order valence-corrected chi connectivity index (χ2v) is 24.4. The SMILES string of the molecule is CCn1c[n+]([C@@H]2O[C@H](COP(=O)(O)OP(=O)(O)OP(=O)(O)OC[C@H]3O[C@@H](n4cnc5c(N)ncnc54)[C@H](OC)[C@@H]3P(=O)(O)OC[C@H]3O[C@@H](n4cnc5c4NC(N)=NC5O)[C@H](O)[C@@H]3O)[C@@H](CCOC)[C@H]2O)c2nc(N)[nH]c(=O)c21. The fourth-order valence-corrected chi connectivity index (χ4v) is 14.7. The molecule has 17 atom stereocenters. The summed E-state index contributed by atoms with van der Waals surface area (Å²) in [6.07, 6.45) is -12.2. The molecule has 42 heteroatoms. The minimum Gasteiger partial charge on any atom is -0.387 e. The molecule has 0 aliphatic carbocycles. The molecular formula is C36H54N15O23P4+. The summed E-state index contributed by atoms with van der Waals surface area (Å²) in [6, 6.07) is 0. The van der Waals surface area contributed by atoms with Crippen LogP contribution in [0, 0.1) is 5.92 Å². The number of aliphatic hydroxyl groups excluding tert-OH is 4. The van der Waals surface area contributed by atoms with Crippen molar-refractivity contribution in [2.45, 2.75) is 93.2 Å². The Bertz CT molecular complexity index is 3330. The van der Waals surface area contributed by atoms with Gasteiger partial charge in [0.05, 0.1) is 45.1 Å². The minimum absolute atomic E-state index is 0.00715. The van der Waals surface area contributed by atoms with E-state index in [2.05, 4.69) is 48.8 Å². The first-order valence-corrected chi connectivity index (χ1v) is 29.2. The average molecular weight is 1190 g/mol. The fourth-order valence-electron chi connectivity index (χ4n) is 9.44. The van der Waals surface area contributed by atoms with Gasteiger partial charge in [0.1, 0.15) is 65.6 Å². The van der Waals surface area contributed by atoms with Crippen LogP contribution in [0.3, 0.4) is 0 Å². The van der Waals surface area contributed by atoms with Crippen LogP contribution in [-0.2, 0) is 70.7 Å². The highest BCUT2D eigenvalue weighted by Crippen LogP contribution is 2.68. The van der Waals surface area contributed by atoms with Crippen LogP contribution in [0.4, 0.5) is 17.6 Å². The molecule has 0 bridgehead atoms. The van der Waals surface area contributed by atoms with Crippen LogP contribution >= 0.6 is 31.1 Å². The number of nitrogens with one attached hydrogen (secondary N) is 2. The summed E-state index contributed by atoms with van der Waals surface area (Å²) in [5.74, 6) is -1.44. The van der Waals surface area contributed by atoms with Crippen molar-refractivity contribution in [3.8, 4) is 0 Å². The fraction of sp³-hybridized carbons (Fsp3) is 0.611.